The fraction of sp³-hybridized carbons (Fsp3) is 0.375. The van der Waals surface area contributed by atoms with Gasteiger partial charge in [0.15, 0.2) is 0 Å². The summed E-state index contributed by atoms with van der Waals surface area (Å²) < 4.78 is 1.64. The van der Waals surface area contributed by atoms with Crippen LogP contribution in [0, 0.1) is 0 Å². The summed E-state index contributed by atoms with van der Waals surface area (Å²) in [5.41, 5.74) is 1.98. The molecule has 1 aromatic heterocycles. The smallest absolute Gasteiger partial charge is 0.272 e. The van der Waals surface area contributed by atoms with Crippen LogP contribution in [0.3, 0.4) is 0 Å². The van der Waals surface area contributed by atoms with E-state index >= 15 is 0 Å². The number of carbonyl (C=O) groups excluding carboxylic acids is 1. The SMILES string of the molecule is Cn1nccc1C(=O)N1CCN(Cc2ccccc2)CC1. The van der Waals surface area contributed by atoms with Gasteiger partial charge in [-0.25, -0.2) is 0 Å². The minimum Gasteiger partial charge on any atom is -0.335 e. The van der Waals surface area contributed by atoms with Crippen molar-refractivity contribution in [3.05, 3.63) is 53.9 Å². The summed E-state index contributed by atoms with van der Waals surface area (Å²) in [6.07, 6.45) is 1.67. The molecule has 2 aromatic rings. The van der Waals surface area contributed by atoms with Crippen LogP contribution in [-0.4, -0.2) is 51.7 Å². The number of piperazine rings is 1. The van der Waals surface area contributed by atoms with Crippen molar-refractivity contribution in [2.45, 2.75) is 6.54 Å². The molecule has 0 aliphatic carbocycles. The number of benzene rings is 1. The number of aryl methyl sites for hydroxylation is 1. The van der Waals surface area contributed by atoms with Crippen LogP contribution in [0.4, 0.5) is 0 Å². The molecule has 5 nitrogen and oxygen atoms in total. The van der Waals surface area contributed by atoms with Crippen LogP contribution in [0.2, 0.25) is 0 Å². The standard InChI is InChI=1S/C16H20N4O/c1-18-15(7-8-17-18)16(21)20-11-9-19(10-12-20)13-14-5-3-2-4-6-14/h2-8H,9-13H2,1H3. The zero-order chi connectivity index (χ0) is 14.7. The summed E-state index contributed by atoms with van der Waals surface area (Å²) in [4.78, 5) is 16.7. The fourth-order valence-electron chi connectivity index (χ4n) is 2.70. The van der Waals surface area contributed by atoms with E-state index in [2.05, 4.69) is 34.3 Å². The first kappa shape index (κ1) is 13.8. The molecular weight excluding hydrogens is 264 g/mol. The molecular formula is C16H20N4O. The Morgan fingerprint density at radius 3 is 2.43 bits per heavy atom. The molecule has 0 unspecified atom stereocenters. The quantitative estimate of drug-likeness (QED) is 0.855. The zero-order valence-corrected chi connectivity index (χ0v) is 12.3. The Kier molecular flexibility index (Phi) is 4.01. The summed E-state index contributed by atoms with van der Waals surface area (Å²) in [5, 5.41) is 4.06. The van der Waals surface area contributed by atoms with E-state index in [1.165, 1.54) is 5.56 Å². The average Bonchev–Trinajstić information content (AvgIpc) is 2.94. The molecule has 1 aliphatic rings. The first-order valence-electron chi connectivity index (χ1n) is 7.27. The van der Waals surface area contributed by atoms with Crippen LogP contribution in [-0.2, 0) is 13.6 Å². The molecule has 1 aromatic carbocycles. The van der Waals surface area contributed by atoms with Gasteiger partial charge in [-0.05, 0) is 11.6 Å². The number of hydrogen-bond acceptors (Lipinski definition) is 3. The maximum Gasteiger partial charge on any atom is 0.272 e. The van der Waals surface area contributed by atoms with Crippen molar-refractivity contribution < 1.29 is 4.79 Å². The Bertz CT molecular complexity index is 600. The van der Waals surface area contributed by atoms with Gasteiger partial charge in [0.1, 0.15) is 5.69 Å². The average molecular weight is 284 g/mol. The van der Waals surface area contributed by atoms with Crippen LogP contribution in [0.1, 0.15) is 16.1 Å². The van der Waals surface area contributed by atoms with E-state index in [-0.39, 0.29) is 5.91 Å². The molecule has 0 spiro atoms. The minimum absolute atomic E-state index is 0.0781. The van der Waals surface area contributed by atoms with Crippen molar-refractivity contribution >= 4 is 5.91 Å². The first-order valence-corrected chi connectivity index (χ1v) is 7.27. The van der Waals surface area contributed by atoms with Crippen molar-refractivity contribution in [1.29, 1.82) is 0 Å². The molecule has 1 aliphatic heterocycles. The summed E-state index contributed by atoms with van der Waals surface area (Å²) in [6, 6.07) is 12.2. The molecule has 21 heavy (non-hydrogen) atoms. The molecule has 0 radical (unpaired) electrons. The highest BCUT2D eigenvalue weighted by atomic mass is 16.2. The van der Waals surface area contributed by atoms with E-state index in [0.717, 1.165) is 32.7 Å². The molecule has 5 heteroatoms. The van der Waals surface area contributed by atoms with Crippen LogP contribution in [0.15, 0.2) is 42.6 Å². The molecule has 110 valence electrons. The Morgan fingerprint density at radius 2 is 1.81 bits per heavy atom. The largest absolute Gasteiger partial charge is 0.335 e. The van der Waals surface area contributed by atoms with Gasteiger partial charge in [-0.2, -0.15) is 5.10 Å². The van der Waals surface area contributed by atoms with E-state index in [1.807, 2.05) is 11.0 Å². The summed E-state index contributed by atoms with van der Waals surface area (Å²) in [5.74, 6) is 0.0781. The summed E-state index contributed by atoms with van der Waals surface area (Å²) in [6.45, 7) is 4.33. The predicted octanol–water partition coefficient (Wildman–Crippen LogP) is 1.38. The molecule has 2 heterocycles. The van der Waals surface area contributed by atoms with Crippen molar-refractivity contribution in [2.24, 2.45) is 7.05 Å². The monoisotopic (exact) mass is 284 g/mol. The Hall–Kier alpha value is -2.14. The number of aromatic nitrogens is 2. The second-order valence-corrected chi connectivity index (χ2v) is 5.39. The second kappa shape index (κ2) is 6.10. The second-order valence-electron chi connectivity index (χ2n) is 5.39. The normalized spacial score (nSPS) is 16.1. The molecule has 1 amide bonds. The topological polar surface area (TPSA) is 41.4 Å². The lowest BCUT2D eigenvalue weighted by atomic mass is 10.2. The third-order valence-electron chi connectivity index (χ3n) is 3.95. The van der Waals surface area contributed by atoms with Crippen LogP contribution in [0.5, 0.6) is 0 Å². The molecule has 3 rings (SSSR count). The third-order valence-corrected chi connectivity index (χ3v) is 3.95. The number of nitrogens with zero attached hydrogens (tertiary/aromatic N) is 4. The van der Waals surface area contributed by atoms with Gasteiger partial charge < -0.3 is 4.90 Å². The number of carbonyl (C=O) groups is 1. The van der Waals surface area contributed by atoms with E-state index in [0.29, 0.717) is 5.69 Å². The predicted molar refractivity (Wildman–Crippen MR) is 80.8 cm³/mol. The van der Waals surface area contributed by atoms with Gasteiger partial charge in [-0.15, -0.1) is 0 Å². The highest BCUT2D eigenvalue weighted by Gasteiger charge is 2.23. The van der Waals surface area contributed by atoms with Crippen LogP contribution >= 0.6 is 0 Å². The number of amides is 1. The van der Waals surface area contributed by atoms with Gasteiger partial charge in [-0.1, -0.05) is 30.3 Å². The van der Waals surface area contributed by atoms with Gasteiger partial charge in [0, 0.05) is 46.0 Å². The molecule has 0 saturated carbocycles. The van der Waals surface area contributed by atoms with Gasteiger partial charge >= 0.3 is 0 Å². The number of hydrogen-bond donors (Lipinski definition) is 0. The van der Waals surface area contributed by atoms with Crippen LogP contribution in [0.25, 0.3) is 0 Å². The Balaban J connectivity index is 1.56. The molecule has 0 atom stereocenters. The first-order chi connectivity index (χ1) is 10.2. The molecule has 1 saturated heterocycles. The maximum atomic E-state index is 12.4. The summed E-state index contributed by atoms with van der Waals surface area (Å²) >= 11 is 0. The lowest BCUT2D eigenvalue weighted by Crippen LogP contribution is -2.48. The Labute approximate surface area is 124 Å². The lowest BCUT2D eigenvalue weighted by Gasteiger charge is -2.34. The molecule has 0 bridgehead atoms. The van der Waals surface area contributed by atoms with Gasteiger partial charge in [0.05, 0.1) is 0 Å². The van der Waals surface area contributed by atoms with Crippen molar-refractivity contribution in [3.63, 3.8) is 0 Å². The fourth-order valence-corrected chi connectivity index (χ4v) is 2.70. The van der Waals surface area contributed by atoms with E-state index in [9.17, 15) is 4.79 Å². The highest BCUT2D eigenvalue weighted by Crippen LogP contribution is 2.11. The summed E-state index contributed by atoms with van der Waals surface area (Å²) in [7, 11) is 1.80. The lowest BCUT2D eigenvalue weighted by molar-refractivity contribution is 0.0618. The van der Waals surface area contributed by atoms with Crippen molar-refractivity contribution in [2.75, 3.05) is 26.2 Å². The molecule has 0 N–H and O–H groups in total. The van der Waals surface area contributed by atoms with Crippen molar-refractivity contribution in [1.82, 2.24) is 19.6 Å². The Morgan fingerprint density at radius 1 is 1.10 bits per heavy atom. The van der Waals surface area contributed by atoms with E-state index in [1.54, 1.807) is 24.0 Å². The molecule has 1 fully saturated rings. The van der Waals surface area contributed by atoms with Gasteiger partial charge in [-0.3, -0.25) is 14.4 Å². The maximum absolute atomic E-state index is 12.4. The van der Waals surface area contributed by atoms with E-state index < -0.39 is 0 Å². The zero-order valence-electron chi connectivity index (χ0n) is 12.3. The highest BCUT2D eigenvalue weighted by molar-refractivity contribution is 5.92. The van der Waals surface area contributed by atoms with Crippen molar-refractivity contribution in [3.8, 4) is 0 Å². The third kappa shape index (κ3) is 3.13. The van der Waals surface area contributed by atoms with Gasteiger partial charge in [0.2, 0.25) is 0 Å². The van der Waals surface area contributed by atoms with E-state index in [4.69, 9.17) is 0 Å². The van der Waals surface area contributed by atoms with Gasteiger partial charge in [0.25, 0.3) is 5.91 Å². The van der Waals surface area contributed by atoms with Crippen LogP contribution < -0.4 is 0 Å². The minimum atomic E-state index is 0.0781. The number of rotatable bonds is 3.